The summed E-state index contributed by atoms with van der Waals surface area (Å²) < 4.78 is 5.65. The Labute approximate surface area is 188 Å². The van der Waals surface area contributed by atoms with Crippen molar-refractivity contribution in [2.24, 2.45) is 0 Å². The van der Waals surface area contributed by atoms with E-state index in [4.69, 9.17) is 16.0 Å². The SMILES string of the molecule is CC(=O)NCc1ccc(-c2csc(NC(=O)CCCNC(=O)c3ccc(Cl)cc3)n2)o1. The van der Waals surface area contributed by atoms with Crippen LogP contribution < -0.4 is 16.0 Å². The lowest BCUT2D eigenvalue weighted by Gasteiger charge is -2.05. The Morgan fingerprint density at radius 2 is 1.87 bits per heavy atom. The Morgan fingerprint density at radius 1 is 1.10 bits per heavy atom. The zero-order valence-electron chi connectivity index (χ0n) is 16.7. The van der Waals surface area contributed by atoms with Gasteiger partial charge in [-0.05, 0) is 42.8 Å². The van der Waals surface area contributed by atoms with Crippen LogP contribution in [0.4, 0.5) is 5.13 Å². The number of thiazole rings is 1. The summed E-state index contributed by atoms with van der Waals surface area (Å²) in [6.07, 6.45) is 0.742. The molecule has 0 radical (unpaired) electrons. The fourth-order valence-corrected chi connectivity index (χ4v) is 3.44. The first kappa shape index (κ1) is 22.5. The minimum absolute atomic E-state index is 0.138. The highest BCUT2D eigenvalue weighted by molar-refractivity contribution is 7.14. The van der Waals surface area contributed by atoms with Crippen LogP contribution >= 0.6 is 22.9 Å². The second kappa shape index (κ2) is 10.7. The first-order valence-electron chi connectivity index (χ1n) is 9.53. The standard InChI is InChI=1S/C21H21ClN4O4S/c1-13(27)24-11-16-8-9-18(30-16)17-12-31-21(25-17)26-19(28)3-2-10-23-20(29)14-4-6-15(22)7-5-14/h4-9,12H,2-3,10-11H2,1H3,(H,23,29)(H,24,27)(H,25,26,28). The predicted octanol–water partition coefficient (Wildman–Crippen LogP) is 3.84. The van der Waals surface area contributed by atoms with Gasteiger partial charge in [-0.25, -0.2) is 4.98 Å². The minimum atomic E-state index is -0.210. The van der Waals surface area contributed by atoms with Crippen molar-refractivity contribution in [1.29, 1.82) is 0 Å². The van der Waals surface area contributed by atoms with Crippen molar-refractivity contribution in [2.75, 3.05) is 11.9 Å². The van der Waals surface area contributed by atoms with Gasteiger partial charge < -0.3 is 20.4 Å². The van der Waals surface area contributed by atoms with Crippen molar-refractivity contribution in [1.82, 2.24) is 15.6 Å². The number of nitrogens with one attached hydrogen (secondary N) is 3. The maximum atomic E-state index is 12.1. The van der Waals surface area contributed by atoms with Gasteiger partial charge in [0.25, 0.3) is 5.91 Å². The van der Waals surface area contributed by atoms with E-state index in [0.717, 1.165) is 0 Å². The largest absolute Gasteiger partial charge is 0.458 e. The number of hydrogen-bond acceptors (Lipinski definition) is 6. The average molecular weight is 461 g/mol. The fourth-order valence-electron chi connectivity index (χ4n) is 2.60. The fraction of sp³-hybridized carbons (Fsp3) is 0.238. The molecule has 0 fully saturated rings. The third-order valence-corrected chi connectivity index (χ3v) is 5.16. The monoisotopic (exact) mass is 460 g/mol. The molecule has 3 rings (SSSR count). The summed E-state index contributed by atoms with van der Waals surface area (Å²) in [5.74, 6) is 0.637. The minimum Gasteiger partial charge on any atom is -0.458 e. The van der Waals surface area contributed by atoms with Crippen LogP contribution in [0.3, 0.4) is 0 Å². The molecule has 3 amide bonds. The van der Waals surface area contributed by atoms with Gasteiger partial charge >= 0.3 is 0 Å². The van der Waals surface area contributed by atoms with Crippen molar-refractivity contribution >= 4 is 45.8 Å². The zero-order chi connectivity index (χ0) is 22.2. The van der Waals surface area contributed by atoms with Crippen LogP contribution in [0.15, 0.2) is 46.2 Å². The predicted molar refractivity (Wildman–Crippen MR) is 119 cm³/mol. The Hall–Kier alpha value is -3.17. The first-order valence-corrected chi connectivity index (χ1v) is 10.8. The van der Waals surface area contributed by atoms with E-state index in [-0.39, 0.29) is 24.1 Å². The lowest BCUT2D eigenvalue weighted by molar-refractivity contribution is -0.119. The van der Waals surface area contributed by atoms with Crippen molar-refractivity contribution in [2.45, 2.75) is 26.3 Å². The lowest BCUT2D eigenvalue weighted by atomic mass is 10.2. The Morgan fingerprint density at radius 3 is 2.61 bits per heavy atom. The summed E-state index contributed by atoms with van der Waals surface area (Å²) >= 11 is 7.09. The molecular weight excluding hydrogens is 440 g/mol. The molecule has 1 aromatic carbocycles. The molecule has 0 aliphatic heterocycles. The topological polar surface area (TPSA) is 113 Å². The van der Waals surface area contributed by atoms with Crippen molar-refractivity contribution < 1.29 is 18.8 Å². The third kappa shape index (κ3) is 6.94. The number of rotatable bonds is 9. The number of halogens is 1. The van der Waals surface area contributed by atoms with E-state index in [9.17, 15) is 14.4 Å². The van der Waals surface area contributed by atoms with Gasteiger partial charge in [0.15, 0.2) is 10.9 Å². The smallest absolute Gasteiger partial charge is 0.251 e. The molecule has 10 heteroatoms. The Kier molecular flexibility index (Phi) is 7.80. The van der Waals surface area contributed by atoms with Gasteiger partial charge in [-0.1, -0.05) is 11.6 Å². The number of hydrogen-bond donors (Lipinski definition) is 3. The van der Waals surface area contributed by atoms with Crippen LogP contribution in [0.5, 0.6) is 0 Å². The Balaban J connectivity index is 1.41. The highest BCUT2D eigenvalue weighted by Crippen LogP contribution is 2.26. The number of amides is 3. The summed E-state index contributed by atoms with van der Waals surface area (Å²) in [7, 11) is 0. The van der Waals surface area contributed by atoms with E-state index >= 15 is 0 Å². The van der Waals surface area contributed by atoms with Gasteiger partial charge in [-0.3, -0.25) is 14.4 Å². The molecule has 2 aromatic heterocycles. The van der Waals surface area contributed by atoms with E-state index in [1.165, 1.54) is 18.3 Å². The number of anilines is 1. The summed E-state index contributed by atoms with van der Waals surface area (Å²) in [5, 5.41) is 11.0. The van der Waals surface area contributed by atoms with Crippen molar-refractivity contribution in [3.8, 4) is 11.5 Å². The molecule has 0 aliphatic rings. The van der Waals surface area contributed by atoms with Gasteiger partial charge in [0.05, 0.1) is 6.54 Å². The molecule has 31 heavy (non-hydrogen) atoms. The number of carbonyl (C=O) groups excluding carboxylic acids is 3. The molecule has 8 nitrogen and oxygen atoms in total. The number of aromatic nitrogens is 1. The van der Waals surface area contributed by atoms with Gasteiger partial charge in [0.2, 0.25) is 11.8 Å². The third-order valence-electron chi connectivity index (χ3n) is 4.15. The van der Waals surface area contributed by atoms with Crippen LogP contribution in [-0.4, -0.2) is 29.3 Å². The van der Waals surface area contributed by atoms with E-state index in [1.807, 2.05) is 0 Å². The van der Waals surface area contributed by atoms with Crippen LogP contribution in [0.1, 0.15) is 35.9 Å². The van der Waals surface area contributed by atoms with Gasteiger partial charge in [-0.2, -0.15) is 0 Å². The van der Waals surface area contributed by atoms with E-state index in [2.05, 4.69) is 20.9 Å². The molecule has 3 N–H and O–H groups in total. The van der Waals surface area contributed by atoms with Crippen LogP contribution in [-0.2, 0) is 16.1 Å². The Bertz CT molecular complexity index is 1060. The zero-order valence-corrected chi connectivity index (χ0v) is 18.3. The van der Waals surface area contributed by atoms with Crippen LogP contribution in [0.25, 0.3) is 11.5 Å². The molecule has 0 unspecified atom stereocenters. The summed E-state index contributed by atoms with van der Waals surface area (Å²) in [6, 6.07) is 10.1. The summed E-state index contributed by atoms with van der Waals surface area (Å²) in [5.41, 5.74) is 1.12. The van der Waals surface area contributed by atoms with Crippen LogP contribution in [0.2, 0.25) is 5.02 Å². The first-order chi connectivity index (χ1) is 14.9. The van der Waals surface area contributed by atoms with Crippen molar-refractivity contribution in [3.05, 3.63) is 58.1 Å². The molecular formula is C21H21ClN4O4S. The number of carbonyl (C=O) groups is 3. The molecule has 0 atom stereocenters. The number of nitrogens with zero attached hydrogens (tertiary/aromatic N) is 1. The van der Waals surface area contributed by atoms with Gasteiger partial charge in [0, 0.05) is 35.9 Å². The molecule has 0 saturated heterocycles. The summed E-state index contributed by atoms with van der Waals surface area (Å²) in [6.45, 7) is 2.12. The second-order valence-corrected chi connectivity index (χ2v) is 7.92. The maximum absolute atomic E-state index is 12.1. The number of furan rings is 1. The molecule has 0 bridgehead atoms. The molecule has 0 aliphatic carbocycles. The van der Waals surface area contributed by atoms with Crippen molar-refractivity contribution in [3.63, 3.8) is 0 Å². The molecule has 162 valence electrons. The molecule has 3 aromatic rings. The average Bonchev–Trinajstić information content (AvgIpc) is 3.39. The maximum Gasteiger partial charge on any atom is 0.251 e. The lowest BCUT2D eigenvalue weighted by Crippen LogP contribution is -2.25. The molecule has 2 heterocycles. The highest BCUT2D eigenvalue weighted by Gasteiger charge is 2.12. The molecule has 0 saturated carbocycles. The van der Waals surface area contributed by atoms with Crippen LogP contribution in [0, 0.1) is 0 Å². The second-order valence-electron chi connectivity index (χ2n) is 6.63. The van der Waals surface area contributed by atoms with Gasteiger partial charge in [-0.15, -0.1) is 11.3 Å². The number of benzene rings is 1. The normalized spacial score (nSPS) is 10.5. The summed E-state index contributed by atoms with van der Waals surface area (Å²) in [4.78, 5) is 39.5. The van der Waals surface area contributed by atoms with E-state index < -0.39 is 0 Å². The molecule has 0 spiro atoms. The van der Waals surface area contributed by atoms with E-state index in [1.54, 1.807) is 41.8 Å². The van der Waals surface area contributed by atoms with E-state index in [0.29, 0.717) is 52.4 Å². The highest BCUT2D eigenvalue weighted by atomic mass is 35.5. The quantitative estimate of drug-likeness (QED) is 0.420. The van der Waals surface area contributed by atoms with Gasteiger partial charge in [0.1, 0.15) is 11.5 Å².